The van der Waals surface area contributed by atoms with Crippen LogP contribution in [0, 0.1) is 5.92 Å². The van der Waals surface area contributed by atoms with Crippen molar-refractivity contribution in [3.8, 4) is 0 Å². The predicted molar refractivity (Wildman–Crippen MR) is 96.1 cm³/mol. The number of rotatable bonds is 6. The highest BCUT2D eigenvalue weighted by Crippen LogP contribution is 2.26. The zero-order chi connectivity index (χ0) is 16.1. The lowest BCUT2D eigenvalue weighted by molar-refractivity contribution is -0.907. The van der Waals surface area contributed by atoms with Crippen LogP contribution in [-0.4, -0.2) is 22.6 Å². The molecule has 0 atom stereocenters. The fraction of sp³-hybridized carbons (Fsp3) is 0.333. The van der Waals surface area contributed by atoms with Crippen LogP contribution in [0.1, 0.15) is 25.0 Å². The summed E-state index contributed by atoms with van der Waals surface area (Å²) in [5.74, 6) is 0.688. The van der Waals surface area contributed by atoms with Gasteiger partial charge in [-0.25, -0.2) is 0 Å². The van der Waals surface area contributed by atoms with Crippen LogP contribution in [0.25, 0.3) is 0 Å². The molecule has 2 aromatic carbocycles. The molecule has 0 fully saturated rings. The molecule has 1 heterocycles. The summed E-state index contributed by atoms with van der Waals surface area (Å²) in [6.45, 7) is 8.84. The van der Waals surface area contributed by atoms with Crippen molar-refractivity contribution in [2.75, 3.05) is 13.2 Å². The Bertz CT molecular complexity index is 590. The highest BCUT2D eigenvalue weighted by atomic mass is 15.5. The molecule has 0 bridgehead atoms. The van der Waals surface area contributed by atoms with E-state index in [0.717, 1.165) is 30.8 Å². The summed E-state index contributed by atoms with van der Waals surface area (Å²) in [5.41, 5.74) is 2.80. The van der Waals surface area contributed by atoms with Crippen LogP contribution in [0.2, 0.25) is 0 Å². The molecule has 1 aliphatic rings. The normalized spacial score (nSPS) is 16.2. The molecule has 2 aromatic rings. The van der Waals surface area contributed by atoms with Crippen molar-refractivity contribution >= 4 is 0 Å². The summed E-state index contributed by atoms with van der Waals surface area (Å²) in [6.07, 6.45) is 4.69. The summed E-state index contributed by atoms with van der Waals surface area (Å²) in [6, 6.07) is 21.7. The van der Waals surface area contributed by atoms with Crippen molar-refractivity contribution in [1.29, 1.82) is 0 Å². The third-order valence-corrected chi connectivity index (χ3v) is 4.34. The van der Waals surface area contributed by atoms with E-state index in [4.69, 9.17) is 0 Å². The maximum Gasteiger partial charge on any atom is 0.159 e. The SMILES string of the molecule is CC(C)CN1C=C[N+](Cc2ccccc2)(Cc2ccccc2)C1. The molecule has 23 heavy (non-hydrogen) atoms. The first-order chi connectivity index (χ1) is 11.2. The second-order valence-corrected chi connectivity index (χ2v) is 7.11. The number of hydrogen-bond acceptors (Lipinski definition) is 1. The number of quaternary nitrogens is 1. The average Bonchev–Trinajstić information content (AvgIpc) is 2.91. The molecular formula is C21H27N2+. The second-order valence-electron chi connectivity index (χ2n) is 7.11. The largest absolute Gasteiger partial charge is 0.326 e. The highest BCUT2D eigenvalue weighted by Gasteiger charge is 2.32. The minimum atomic E-state index is 0.688. The monoisotopic (exact) mass is 307 g/mol. The molecule has 0 saturated carbocycles. The van der Waals surface area contributed by atoms with Gasteiger partial charge in [0.25, 0.3) is 0 Å². The summed E-state index contributed by atoms with van der Waals surface area (Å²) in [5, 5.41) is 0. The molecule has 0 amide bonds. The first-order valence-electron chi connectivity index (χ1n) is 8.52. The van der Waals surface area contributed by atoms with Gasteiger partial charge in [0.05, 0.1) is 6.20 Å². The Kier molecular flexibility index (Phi) is 4.82. The first kappa shape index (κ1) is 15.8. The van der Waals surface area contributed by atoms with Gasteiger partial charge in [-0.2, -0.15) is 0 Å². The lowest BCUT2D eigenvalue weighted by atomic mass is 10.1. The molecule has 0 aliphatic carbocycles. The summed E-state index contributed by atoms with van der Waals surface area (Å²) < 4.78 is 0.973. The van der Waals surface area contributed by atoms with Gasteiger partial charge in [0.15, 0.2) is 6.67 Å². The molecule has 2 heteroatoms. The fourth-order valence-corrected chi connectivity index (χ4v) is 3.43. The van der Waals surface area contributed by atoms with Gasteiger partial charge in [0.2, 0.25) is 0 Å². The molecule has 0 unspecified atom stereocenters. The van der Waals surface area contributed by atoms with E-state index in [1.54, 1.807) is 0 Å². The molecule has 2 nitrogen and oxygen atoms in total. The fourth-order valence-electron chi connectivity index (χ4n) is 3.43. The van der Waals surface area contributed by atoms with Gasteiger partial charge >= 0.3 is 0 Å². The van der Waals surface area contributed by atoms with Crippen LogP contribution < -0.4 is 0 Å². The zero-order valence-electron chi connectivity index (χ0n) is 14.2. The Morgan fingerprint density at radius 2 is 1.39 bits per heavy atom. The van der Waals surface area contributed by atoms with Crippen molar-refractivity contribution in [3.63, 3.8) is 0 Å². The zero-order valence-corrected chi connectivity index (χ0v) is 14.2. The van der Waals surface area contributed by atoms with Gasteiger partial charge in [-0.15, -0.1) is 0 Å². The molecule has 0 saturated heterocycles. The van der Waals surface area contributed by atoms with Gasteiger partial charge in [-0.3, -0.25) is 4.48 Å². The van der Waals surface area contributed by atoms with E-state index in [9.17, 15) is 0 Å². The topological polar surface area (TPSA) is 3.24 Å². The van der Waals surface area contributed by atoms with Crippen LogP contribution in [0.4, 0.5) is 0 Å². The van der Waals surface area contributed by atoms with Gasteiger partial charge in [-0.1, -0.05) is 74.5 Å². The van der Waals surface area contributed by atoms with E-state index in [0.29, 0.717) is 5.92 Å². The molecule has 1 aliphatic heterocycles. The van der Waals surface area contributed by atoms with Gasteiger partial charge in [0.1, 0.15) is 19.3 Å². The summed E-state index contributed by atoms with van der Waals surface area (Å²) >= 11 is 0. The van der Waals surface area contributed by atoms with Gasteiger partial charge < -0.3 is 4.90 Å². The van der Waals surface area contributed by atoms with Crippen molar-refractivity contribution in [3.05, 3.63) is 84.2 Å². The van der Waals surface area contributed by atoms with E-state index in [-0.39, 0.29) is 0 Å². The third kappa shape index (κ3) is 4.23. The first-order valence-corrected chi connectivity index (χ1v) is 8.52. The summed E-state index contributed by atoms with van der Waals surface area (Å²) in [7, 11) is 0. The molecule has 0 N–H and O–H groups in total. The lowest BCUT2D eigenvalue weighted by Crippen LogP contribution is -2.44. The van der Waals surface area contributed by atoms with Crippen molar-refractivity contribution < 1.29 is 4.48 Å². The third-order valence-electron chi connectivity index (χ3n) is 4.34. The molecule has 120 valence electrons. The second kappa shape index (κ2) is 7.01. The van der Waals surface area contributed by atoms with Crippen LogP contribution in [-0.2, 0) is 13.1 Å². The van der Waals surface area contributed by atoms with Crippen molar-refractivity contribution in [1.82, 2.24) is 4.90 Å². The molecule has 0 radical (unpaired) electrons. The maximum atomic E-state index is 2.47. The van der Waals surface area contributed by atoms with Gasteiger partial charge in [-0.05, 0) is 5.92 Å². The number of nitrogens with zero attached hydrogens (tertiary/aromatic N) is 2. The van der Waals surface area contributed by atoms with E-state index < -0.39 is 0 Å². The maximum absolute atomic E-state index is 2.47. The van der Waals surface area contributed by atoms with Crippen LogP contribution in [0.3, 0.4) is 0 Å². The molecular weight excluding hydrogens is 280 g/mol. The van der Waals surface area contributed by atoms with E-state index in [1.807, 2.05) is 0 Å². The van der Waals surface area contributed by atoms with E-state index >= 15 is 0 Å². The standard InChI is InChI=1S/C21H27N2/c1-19(2)15-22-13-14-23(18-22,16-20-9-5-3-6-10-20)17-21-11-7-4-8-12-21/h3-14,19H,15-18H2,1-2H3/q+1. The minimum absolute atomic E-state index is 0.688. The van der Waals surface area contributed by atoms with Crippen LogP contribution >= 0.6 is 0 Å². The lowest BCUT2D eigenvalue weighted by Gasteiger charge is -2.34. The predicted octanol–water partition coefficient (Wildman–Crippen LogP) is 4.60. The Morgan fingerprint density at radius 3 is 1.87 bits per heavy atom. The van der Waals surface area contributed by atoms with Crippen LogP contribution in [0.5, 0.6) is 0 Å². The number of hydrogen-bond donors (Lipinski definition) is 0. The average molecular weight is 307 g/mol. The molecule has 0 aromatic heterocycles. The Hall–Kier alpha value is -2.06. The molecule has 0 spiro atoms. The van der Waals surface area contributed by atoms with Crippen LogP contribution in [0.15, 0.2) is 73.1 Å². The Labute approximate surface area is 140 Å². The van der Waals surface area contributed by atoms with Gasteiger partial charge in [0, 0.05) is 17.7 Å². The Balaban J connectivity index is 1.81. The van der Waals surface area contributed by atoms with Crippen molar-refractivity contribution in [2.24, 2.45) is 5.92 Å². The van der Waals surface area contributed by atoms with Crippen molar-refractivity contribution in [2.45, 2.75) is 26.9 Å². The molecule has 3 rings (SSSR count). The highest BCUT2D eigenvalue weighted by molar-refractivity contribution is 5.16. The summed E-state index contributed by atoms with van der Waals surface area (Å²) in [4.78, 5) is 2.47. The smallest absolute Gasteiger partial charge is 0.159 e. The van der Waals surface area contributed by atoms with E-state index in [2.05, 4.69) is 91.8 Å². The Morgan fingerprint density at radius 1 is 0.870 bits per heavy atom. The minimum Gasteiger partial charge on any atom is -0.326 e. The van der Waals surface area contributed by atoms with E-state index in [1.165, 1.54) is 11.1 Å². The quantitative estimate of drug-likeness (QED) is 0.705. The number of benzene rings is 2.